The molecule has 0 bridgehead atoms. The number of nitrogens with one attached hydrogen (secondary N) is 1. The molecule has 8 heteroatoms. The number of benzene rings is 3. The molecule has 0 saturated heterocycles. The number of nitrogens with zero attached hydrogens (tertiary/aromatic N) is 1. The van der Waals surface area contributed by atoms with Crippen LogP contribution in [-0.2, 0) is 14.8 Å². The minimum atomic E-state index is -3.98. The van der Waals surface area contributed by atoms with E-state index in [-0.39, 0.29) is 11.4 Å². The van der Waals surface area contributed by atoms with Gasteiger partial charge in [0.25, 0.3) is 10.0 Å². The number of rotatable bonds is 6. The van der Waals surface area contributed by atoms with Gasteiger partial charge in [-0.3, -0.25) is 9.10 Å². The Morgan fingerprint density at radius 1 is 1.00 bits per heavy atom. The minimum absolute atomic E-state index is 0.104. The number of carbonyl (C=O) groups excluding carboxylic acids is 1. The summed E-state index contributed by atoms with van der Waals surface area (Å²) in [5, 5.41) is 3.17. The molecule has 3 aromatic carbocycles. The van der Waals surface area contributed by atoms with E-state index in [4.69, 9.17) is 11.6 Å². The number of carbonyl (C=O) groups is 1. The molecule has 0 unspecified atom stereocenters. The Hall–Kier alpha value is -2.10. The van der Waals surface area contributed by atoms with Gasteiger partial charge in [-0.25, -0.2) is 8.42 Å². The van der Waals surface area contributed by atoms with Gasteiger partial charge in [0.2, 0.25) is 5.91 Å². The van der Waals surface area contributed by atoms with Crippen LogP contribution in [0.3, 0.4) is 0 Å². The largest absolute Gasteiger partial charge is 0.325 e. The van der Waals surface area contributed by atoms with Crippen LogP contribution >= 0.6 is 34.2 Å². The Bertz CT molecular complexity index is 1160. The van der Waals surface area contributed by atoms with Gasteiger partial charge in [0, 0.05) is 14.3 Å². The molecule has 0 aromatic heterocycles. The normalized spacial score (nSPS) is 11.2. The quantitative estimate of drug-likeness (QED) is 0.415. The number of hydrogen-bond donors (Lipinski definition) is 1. The average molecular weight is 555 g/mol. The molecule has 0 aliphatic heterocycles. The first-order valence-corrected chi connectivity index (χ1v) is 12.0. The van der Waals surface area contributed by atoms with E-state index in [0.29, 0.717) is 16.4 Å². The molecular formula is C22H20ClIN2O3S. The van der Waals surface area contributed by atoms with Crippen LogP contribution in [0, 0.1) is 17.4 Å². The van der Waals surface area contributed by atoms with Crippen LogP contribution in [0.5, 0.6) is 0 Å². The van der Waals surface area contributed by atoms with Gasteiger partial charge in [-0.15, -0.1) is 0 Å². The highest BCUT2D eigenvalue weighted by molar-refractivity contribution is 14.1. The lowest BCUT2D eigenvalue weighted by Crippen LogP contribution is -2.38. The Kier molecular flexibility index (Phi) is 7.05. The van der Waals surface area contributed by atoms with Crippen LogP contribution in [0.1, 0.15) is 11.1 Å². The highest BCUT2D eigenvalue weighted by Gasteiger charge is 2.27. The number of amides is 1. The summed E-state index contributed by atoms with van der Waals surface area (Å²) in [4.78, 5) is 12.8. The third kappa shape index (κ3) is 5.33. The van der Waals surface area contributed by atoms with Gasteiger partial charge >= 0.3 is 0 Å². The van der Waals surface area contributed by atoms with E-state index in [1.807, 2.05) is 26.0 Å². The Balaban J connectivity index is 1.96. The van der Waals surface area contributed by atoms with Crippen molar-refractivity contribution in [1.82, 2.24) is 0 Å². The SMILES string of the molecule is Cc1ccc(S(=O)(=O)N(CC(=O)Nc2ccc(I)cc2)c2ccc(C)c(Cl)c2)cc1. The molecule has 0 saturated carbocycles. The first kappa shape index (κ1) is 22.6. The summed E-state index contributed by atoms with van der Waals surface area (Å²) >= 11 is 8.40. The molecule has 0 spiro atoms. The summed E-state index contributed by atoms with van der Waals surface area (Å²) in [6.07, 6.45) is 0. The van der Waals surface area contributed by atoms with Crippen molar-refractivity contribution in [2.45, 2.75) is 18.7 Å². The Morgan fingerprint density at radius 2 is 1.63 bits per heavy atom. The maximum Gasteiger partial charge on any atom is 0.264 e. The number of halogens is 2. The van der Waals surface area contributed by atoms with E-state index in [0.717, 1.165) is 19.0 Å². The first-order chi connectivity index (χ1) is 14.2. The molecule has 0 aliphatic rings. The zero-order valence-corrected chi connectivity index (χ0v) is 20.1. The molecule has 0 radical (unpaired) electrons. The molecule has 0 fully saturated rings. The maximum atomic E-state index is 13.4. The number of anilines is 2. The average Bonchev–Trinajstić information content (AvgIpc) is 2.70. The first-order valence-electron chi connectivity index (χ1n) is 9.08. The van der Waals surface area contributed by atoms with Crippen molar-refractivity contribution in [3.8, 4) is 0 Å². The lowest BCUT2D eigenvalue weighted by molar-refractivity contribution is -0.114. The highest BCUT2D eigenvalue weighted by Crippen LogP contribution is 2.28. The zero-order chi connectivity index (χ0) is 21.9. The fourth-order valence-corrected chi connectivity index (χ4v) is 4.70. The molecule has 1 N–H and O–H groups in total. The van der Waals surface area contributed by atoms with Crippen molar-refractivity contribution in [3.05, 3.63) is 86.4 Å². The second-order valence-corrected chi connectivity index (χ2v) is 10.3. The topological polar surface area (TPSA) is 66.5 Å². The second kappa shape index (κ2) is 9.36. The van der Waals surface area contributed by atoms with Crippen LogP contribution < -0.4 is 9.62 Å². The molecule has 0 heterocycles. The van der Waals surface area contributed by atoms with Crippen LogP contribution in [0.25, 0.3) is 0 Å². The van der Waals surface area contributed by atoms with E-state index < -0.39 is 15.9 Å². The van der Waals surface area contributed by atoms with Crippen LogP contribution in [-0.4, -0.2) is 20.9 Å². The second-order valence-electron chi connectivity index (χ2n) is 6.81. The maximum absolute atomic E-state index is 13.4. The van der Waals surface area contributed by atoms with Gasteiger partial charge in [0.1, 0.15) is 6.54 Å². The van der Waals surface area contributed by atoms with Crippen molar-refractivity contribution in [3.63, 3.8) is 0 Å². The standard InChI is InChI=1S/C22H20ClIN2O3S/c1-15-3-11-20(12-4-15)30(28,29)26(19-10-5-16(2)21(23)13-19)14-22(27)25-18-8-6-17(24)7-9-18/h3-13H,14H2,1-2H3,(H,25,27). The minimum Gasteiger partial charge on any atom is -0.325 e. The van der Waals surface area contributed by atoms with Gasteiger partial charge in [0.05, 0.1) is 10.6 Å². The van der Waals surface area contributed by atoms with Crippen LogP contribution in [0.4, 0.5) is 11.4 Å². The van der Waals surface area contributed by atoms with Crippen molar-refractivity contribution in [2.75, 3.05) is 16.2 Å². The summed E-state index contributed by atoms with van der Waals surface area (Å²) in [5.74, 6) is -0.455. The highest BCUT2D eigenvalue weighted by atomic mass is 127. The van der Waals surface area contributed by atoms with Gasteiger partial charge in [0.15, 0.2) is 0 Å². The molecule has 30 heavy (non-hydrogen) atoms. The van der Waals surface area contributed by atoms with Crippen LogP contribution in [0.15, 0.2) is 71.6 Å². The summed E-state index contributed by atoms with van der Waals surface area (Å²) in [7, 11) is -3.98. The molecule has 3 rings (SSSR count). The summed E-state index contributed by atoms with van der Waals surface area (Å²) in [6, 6.07) is 18.7. The predicted octanol–water partition coefficient (Wildman–Crippen LogP) is 5.40. The van der Waals surface area contributed by atoms with E-state index in [1.165, 1.54) is 12.1 Å². The van der Waals surface area contributed by atoms with E-state index in [1.54, 1.807) is 42.5 Å². The monoisotopic (exact) mass is 554 g/mol. The fourth-order valence-electron chi connectivity index (χ4n) is 2.75. The Morgan fingerprint density at radius 3 is 2.23 bits per heavy atom. The molecular weight excluding hydrogens is 535 g/mol. The molecule has 3 aromatic rings. The molecule has 5 nitrogen and oxygen atoms in total. The van der Waals surface area contributed by atoms with Crippen LogP contribution in [0.2, 0.25) is 5.02 Å². The molecule has 156 valence electrons. The predicted molar refractivity (Wildman–Crippen MR) is 130 cm³/mol. The lowest BCUT2D eigenvalue weighted by atomic mass is 10.2. The summed E-state index contributed by atoms with van der Waals surface area (Å²) in [6.45, 7) is 3.32. The summed E-state index contributed by atoms with van der Waals surface area (Å²) in [5.41, 5.74) is 2.67. The lowest BCUT2D eigenvalue weighted by Gasteiger charge is -2.24. The molecule has 1 amide bonds. The fraction of sp³-hybridized carbons (Fsp3) is 0.136. The van der Waals surface area contributed by atoms with Crippen molar-refractivity contribution in [2.24, 2.45) is 0 Å². The Labute approximate surface area is 195 Å². The van der Waals surface area contributed by atoms with Crippen molar-refractivity contribution >= 4 is 61.5 Å². The smallest absolute Gasteiger partial charge is 0.264 e. The summed E-state index contributed by atoms with van der Waals surface area (Å²) < 4.78 is 28.9. The number of aryl methyl sites for hydroxylation is 2. The third-order valence-corrected chi connectivity index (χ3v) is 7.38. The number of hydrogen-bond acceptors (Lipinski definition) is 3. The van der Waals surface area contributed by atoms with E-state index in [9.17, 15) is 13.2 Å². The number of sulfonamides is 1. The van der Waals surface area contributed by atoms with Crippen molar-refractivity contribution in [1.29, 1.82) is 0 Å². The van der Waals surface area contributed by atoms with Gasteiger partial charge in [-0.1, -0.05) is 35.4 Å². The van der Waals surface area contributed by atoms with Gasteiger partial charge in [-0.05, 0) is 90.5 Å². The van der Waals surface area contributed by atoms with Gasteiger partial charge in [-0.2, -0.15) is 0 Å². The van der Waals surface area contributed by atoms with E-state index >= 15 is 0 Å². The zero-order valence-electron chi connectivity index (χ0n) is 16.4. The van der Waals surface area contributed by atoms with E-state index in [2.05, 4.69) is 27.9 Å². The van der Waals surface area contributed by atoms with Gasteiger partial charge < -0.3 is 5.32 Å². The molecule has 0 aliphatic carbocycles. The van der Waals surface area contributed by atoms with Crippen molar-refractivity contribution < 1.29 is 13.2 Å². The molecule has 0 atom stereocenters. The third-order valence-electron chi connectivity index (χ3n) is 4.47.